The third kappa shape index (κ3) is 20.0. The fourth-order valence-electron chi connectivity index (χ4n) is 3.82. The summed E-state index contributed by atoms with van der Waals surface area (Å²) < 4.78 is 70.5. The molecule has 0 saturated carbocycles. The van der Waals surface area contributed by atoms with Gasteiger partial charge in [0, 0.05) is 30.4 Å². The molecule has 0 aromatic carbocycles. The lowest BCUT2D eigenvalue weighted by Gasteiger charge is -2.21. The van der Waals surface area contributed by atoms with Crippen molar-refractivity contribution >= 4 is 77.5 Å². The minimum atomic E-state index is -5.74. The Balaban J connectivity index is 1.96. The van der Waals surface area contributed by atoms with Gasteiger partial charge in [-0.25, -0.2) is 18.5 Å². The molecule has 0 bridgehead atoms. The second-order valence-electron chi connectivity index (χ2n) is 11.4. The highest BCUT2D eigenvalue weighted by Crippen LogP contribution is 2.66. The number of carbonyl (C=O) groups is 1. The lowest BCUT2D eigenvalue weighted by Crippen LogP contribution is -2.30. The van der Waals surface area contributed by atoms with Crippen LogP contribution in [0.5, 0.6) is 0 Å². The molecule has 51 heavy (non-hydrogen) atoms. The summed E-state index contributed by atoms with van der Waals surface area (Å²) in [5.74, 6) is 5.58. The molecule has 3 unspecified atom stereocenters. The first-order chi connectivity index (χ1) is 23.6. The predicted molar refractivity (Wildman–Crippen MR) is 194 cm³/mol. The van der Waals surface area contributed by atoms with Crippen molar-refractivity contribution in [1.29, 1.82) is 0 Å². The highest BCUT2D eigenvalue weighted by Gasteiger charge is 2.43. The zero-order chi connectivity index (χ0) is 38.5. The number of hydrogen-bond acceptors (Lipinski definition) is 17. The minimum Gasteiger partial charge on any atom is -0.466 e. The van der Waals surface area contributed by atoms with Crippen LogP contribution < -0.4 is 11.4 Å². The topological polar surface area (TPSA) is 275 Å². The van der Waals surface area contributed by atoms with Crippen molar-refractivity contribution in [2.45, 2.75) is 76.1 Å². The summed E-state index contributed by atoms with van der Waals surface area (Å²) in [5, 5.41) is 0. The maximum Gasteiger partial charge on any atom is 0.490 e. The number of unbranched alkanes of at least 4 members (excludes halogenated alkanes) is 1. The van der Waals surface area contributed by atoms with Gasteiger partial charge in [-0.2, -0.15) is 13.6 Å². The highest BCUT2D eigenvalue weighted by atomic mass is 33.1. The number of hydrogen-bond donors (Lipinski definition) is 5. The molecule has 19 nitrogen and oxygen atoms in total. The molecule has 1 aromatic rings. The standard InChI is InChI=1S/C25H42N3O16P3S4/c1-25(2,3)50-49-16-38-11-7-8-12-39-22(29)10-6-5-9-18-14-28(24(30)27-23(18)26)21-13-19(40-17-51(4)48)20(42-21)15-41-46(34,35)44-47(36,37)43-45(31,32)33/h14,19-21H,6-8,10-13,15-17H2,1-4H3,(H,34,35)(H,36,37)(H2,26,27,30)(H2,31,32,33)/t19-,20+,21+,51?/m0/s1. The van der Waals surface area contributed by atoms with E-state index >= 15 is 0 Å². The number of esters is 1. The Morgan fingerprint density at radius 3 is 2.51 bits per heavy atom. The van der Waals surface area contributed by atoms with Crippen molar-refractivity contribution in [2.75, 3.05) is 43.7 Å². The van der Waals surface area contributed by atoms with Gasteiger partial charge >= 0.3 is 35.1 Å². The van der Waals surface area contributed by atoms with Crippen molar-refractivity contribution in [3.05, 3.63) is 22.2 Å². The quantitative estimate of drug-likeness (QED) is 0.0297. The molecule has 0 amide bonds. The van der Waals surface area contributed by atoms with Gasteiger partial charge in [0.15, 0.2) is 0 Å². The van der Waals surface area contributed by atoms with Crippen molar-refractivity contribution < 1.29 is 70.2 Å². The first-order valence-electron chi connectivity index (χ1n) is 14.8. The summed E-state index contributed by atoms with van der Waals surface area (Å²) in [7, 11) is -14.0. The molecule has 0 radical (unpaired) electrons. The van der Waals surface area contributed by atoms with E-state index in [-0.39, 0.29) is 47.9 Å². The molecule has 6 N–H and O–H groups in total. The van der Waals surface area contributed by atoms with Crippen LogP contribution in [0.25, 0.3) is 0 Å². The van der Waals surface area contributed by atoms with E-state index in [9.17, 15) is 33.1 Å². The lowest BCUT2D eigenvalue weighted by molar-refractivity contribution is -0.143. The number of nitrogen functional groups attached to an aromatic ring is 1. The zero-order valence-electron chi connectivity index (χ0n) is 28.0. The molecule has 1 aromatic heterocycles. The van der Waals surface area contributed by atoms with E-state index in [1.165, 1.54) is 6.20 Å². The van der Waals surface area contributed by atoms with E-state index < -0.39 is 69.6 Å². The third-order valence-corrected chi connectivity index (χ3v) is 13.4. The van der Waals surface area contributed by atoms with Crippen LogP contribution in [0.15, 0.2) is 11.0 Å². The molecule has 1 aliphatic heterocycles. The van der Waals surface area contributed by atoms with Crippen molar-refractivity contribution in [3.63, 3.8) is 0 Å². The van der Waals surface area contributed by atoms with Crippen LogP contribution >= 0.6 is 45.1 Å². The van der Waals surface area contributed by atoms with E-state index in [1.54, 1.807) is 27.8 Å². The van der Waals surface area contributed by atoms with Gasteiger partial charge in [0.1, 0.15) is 24.1 Å². The van der Waals surface area contributed by atoms with Crippen molar-refractivity contribution in [1.82, 2.24) is 9.55 Å². The molecule has 6 atom stereocenters. The average molecular weight is 862 g/mol. The number of ether oxygens (including phenoxy) is 4. The summed E-state index contributed by atoms with van der Waals surface area (Å²) in [4.78, 5) is 65.3. The van der Waals surface area contributed by atoms with Gasteiger partial charge in [-0.15, -0.1) is 0 Å². The van der Waals surface area contributed by atoms with Gasteiger partial charge in [0.2, 0.25) is 0 Å². The van der Waals surface area contributed by atoms with Crippen LogP contribution in [0.2, 0.25) is 0 Å². The predicted octanol–water partition coefficient (Wildman–Crippen LogP) is 3.12. The molecular weight excluding hydrogens is 819 g/mol. The third-order valence-electron chi connectivity index (χ3n) is 5.80. The molecule has 0 spiro atoms. The number of carbonyl (C=O) groups excluding carboxylic acids is 1. The molecule has 1 aliphatic rings. The Labute approximate surface area is 309 Å². The Morgan fingerprint density at radius 2 is 1.86 bits per heavy atom. The van der Waals surface area contributed by atoms with Gasteiger partial charge in [-0.1, -0.05) is 63.7 Å². The maximum absolute atomic E-state index is 12.8. The molecule has 1 saturated heterocycles. The molecule has 2 rings (SSSR count). The summed E-state index contributed by atoms with van der Waals surface area (Å²) in [5.41, 5.74) is 5.21. The maximum atomic E-state index is 12.8. The number of phosphoric ester groups is 1. The SMILES string of the molecule is CS(=S)CO[C@H]1C[C@H](n2cc(C#CCCC(=O)OCCCCOCSSC(C)(C)C)c(N)nc2=O)O[C@@H]1COP(=O)(O)OP(=O)(O)OP(=O)(O)O. The fourth-order valence-corrected chi connectivity index (χ4v) is 9.37. The number of anilines is 1. The van der Waals surface area contributed by atoms with Crippen LogP contribution in [0.3, 0.4) is 0 Å². The van der Waals surface area contributed by atoms with Crippen molar-refractivity contribution in [2.24, 2.45) is 0 Å². The van der Waals surface area contributed by atoms with Gasteiger partial charge in [0.25, 0.3) is 0 Å². The Kier molecular flexibility index (Phi) is 19.5. The summed E-state index contributed by atoms with van der Waals surface area (Å²) in [6.45, 7) is 6.38. The highest BCUT2D eigenvalue weighted by molar-refractivity contribution is 8.77. The van der Waals surface area contributed by atoms with Crippen LogP contribution in [-0.2, 0) is 71.2 Å². The van der Waals surface area contributed by atoms with Gasteiger partial charge in [0.05, 0.1) is 37.2 Å². The normalized spacial score (nSPS) is 20.9. The number of nitrogens with zero attached hydrogens (tertiary/aromatic N) is 2. The number of aromatic nitrogens is 2. The van der Waals surface area contributed by atoms with E-state index in [4.69, 9.17) is 50.2 Å². The van der Waals surface area contributed by atoms with E-state index in [1.807, 2.05) is 0 Å². The Morgan fingerprint density at radius 1 is 1.18 bits per heavy atom. The second-order valence-corrected chi connectivity index (χ2v) is 22.0. The first-order valence-corrected chi connectivity index (χ1v) is 24.4. The van der Waals surface area contributed by atoms with E-state index in [2.05, 4.69) is 46.2 Å². The van der Waals surface area contributed by atoms with Crippen LogP contribution in [0.4, 0.5) is 5.82 Å². The lowest BCUT2D eigenvalue weighted by atomic mass is 10.2. The van der Waals surface area contributed by atoms with Gasteiger partial charge < -0.3 is 44.3 Å². The van der Waals surface area contributed by atoms with Crippen LogP contribution in [0.1, 0.15) is 64.7 Å². The molecule has 1 fully saturated rings. The van der Waals surface area contributed by atoms with Gasteiger partial charge in [-0.3, -0.25) is 13.9 Å². The molecule has 26 heteroatoms. The summed E-state index contributed by atoms with van der Waals surface area (Å²) in [6, 6.07) is 0. The zero-order valence-corrected chi connectivity index (χ0v) is 34.0. The average Bonchev–Trinajstić information content (AvgIpc) is 3.37. The van der Waals surface area contributed by atoms with Gasteiger partial charge in [-0.05, 0) is 30.3 Å². The number of phosphoric acid groups is 3. The molecule has 2 heterocycles. The van der Waals surface area contributed by atoms with E-state index in [0.29, 0.717) is 19.0 Å². The number of nitrogens with two attached hydrogens (primary N) is 1. The van der Waals surface area contributed by atoms with E-state index in [0.717, 1.165) is 11.0 Å². The summed E-state index contributed by atoms with van der Waals surface area (Å²) >= 11 is 5.14. The van der Waals surface area contributed by atoms with Crippen LogP contribution in [0, 0.1) is 11.8 Å². The smallest absolute Gasteiger partial charge is 0.466 e. The van der Waals surface area contributed by atoms with Crippen LogP contribution in [-0.4, -0.2) is 90.0 Å². The summed E-state index contributed by atoms with van der Waals surface area (Å²) in [6.07, 6.45) is 1.33. The molecule has 292 valence electrons. The molecular formula is C25H42N3O16P3S4. The molecule has 0 aliphatic carbocycles. The minimum absolute atomic E-state index is 0.0150. The monoisotopic (exact) mass is 861 g/mol. The second kappa shape index (κ2) is 21.4. The Bertz CT molecular complexity index is 1610. The fraction of sp³-hybridized carbons (Fsp3) is 0.720. The first kappa shape index (κ1) is 46.4. The largest absolute Gasteiger partial charge is 0.490 e. The Hall–Kier alpha value is -0.730. The van der Waals surface area contributed by atoms with Crippen molar-refractivity contribution in [3.8, 4) is 11.8 Å². The number of rotatable bonds is 21.